The Hall–Kier alpha value is -1.84. The van der Waals surface area contributed by atoms with E-state index in [9.17, 15) is 9.59 Å². The van der Waals surface area contributed by atoms with Crippen molar-refractivity contribution < 1.29 is 14.3 Å². The summed E-state index contributed by atoms with van der Waals surface area (Å²) in [6, 6.07) is 9.24. The van der Waals surface area contributed by atoms with Crippen LogP contribution in [0.15, 0.2) is 30.3 Å². The lowest BCUT2D eigenvalue weighted by Gasteiger charge is -2.14. The molecule has 0 saturated heterocycles. The van der Waals surface area contributed by atoms with Crippen molar-refractivity contribution in [3.63, 3.8) is 0 Å². The summed E-state index contributed by atoms with van der Waals surface area (Å²) in [6.07, 6.45) is 0.348. The van der Waals surface area contributed by atoms with Crippen molar-refractivity contribution in [3.8, 4) is 0 Å². The summed E-state index contributed by atoms with van der Waals surface area (Å²) in [6.45, 7) is 0.0739. The molecule has 0 spiro atoms. The quantitative estimate of drug-likeness (QED) is 0.726. The smallest absolute Gasteiger partial charge is 0.409 e. The Labute approximate surface area is 94.8 Å². The maximum atomic E-state index is 11.2. The van der Waals surface area contributed by atoms with Crippen LogP contribution in [-0.4, -0.2) is 38.0 Å². The molecule has 1 amide bonds. The van der Waals surface area contributed by atoms with Gasteiger partial charge in [-0.25, -0.2) is 4.79 Å². The van der Waals surface area contributed by atoms with Crippen LogP contribution in [0.5, 0.6) is 0 Å². The molecular weight excluding hydrogens is 206 g/mol. The highest BCUT2D eigenvalue weighted by molar-refractivity contribution is 5.68. The average Bonchev–Trinajstić information content (AvgIpc) is 2.30. The first-order valence-electron chi connectivity index (χ1n) is 4.99. The normalized spacial score (nSPS) is 11.6. The van der Waals surface area contributed by atoms with Gasteiger partial charge in [-0.1, -0.05) is 30.3 Å². The molecule has 0 bridgehead atoms. The number of hydrogen-bond donors (Lipinski definition) is 0. The minimum absolute atomic E-state index is 0.0739. The molecule has 0 N–H and O–H groups in total. The van der Waals surface area contributed by atoms with Crippen molar-refractivity contribution in [2.24, 2.45) is 0 Å². The van der Waals surface area contributed by atoms with Gasteiger partial charge in [0, 0.05) is 14.1 Å². The summed E-state index contributed by atoms with van der Waals surface area (Å²) >= 11 is 0. The third-order valence-electron chi connectivity index (χ3n) is 2.14. The van der Waals surface area contributed by atoms with Crippen LogP contribution in [-0.2, 0) is 9.53 Å². The van der Waals surface area contributed by atoms with Crippen LogP contribution in [0, 0.1) is 0 Å². The Morgan fingerprint density at radius 2 is 2.00 bits per heavy atom. The lowest BCUT2D eigenvalue weighted by atomic mass is 10.0. The van der Waals surface area contributed by atoms with E-state index in [2.05, 4.69) is 0 Å². The van der Waals surface area contributed by atoms with Gasteiger partial charge in [-0.3, -0.25) is 0 Å². The maximum Gasteiger partial charge on any atom is 0.409 e. The summed E-state index contributed by atoms with van der Waals surface area (Å²) in [4.78, 5) is 23.4. The Balaban J connectivity index is 2.57. The van der Waals surface area contributed by atoms with E-state index in [1.807, 2.05) is 30.3 Å². The fourth-order valence-corrected chi connectivity index (χ4v) is 1.20. The molecule has 1 aromatic carbocycles. The van der Waals surface area contributed by atoms with Gasteiger partial charge in [-0.05, 0) is 5.56 Å². The maximum absolute atomic E-state index is 11.2. The highest BCUT2D eigenvalue weighted by atomic mass is 16.6. The number of rotatable bonds is 4. The number of benzene rings is 1. The molecule has 0 radical (unpaired) electrons. The van der Waals surface area contributed by atoms with Crippen LogP contribution in [0.3, 0.4) is 0 Å². The highest BCUT2D eigenvalue weighted by Gasteiger charge is 2.13. The zero-order valence-electron chi connectivity index (χ0n) is 9.42. The van der Waals surface area contributed by atoms with Crippen molar-refractivity contribution in [2.75, 3.05) is 20.7 Å². The van der Waals surface area contributed by atoms with Gasteiger partial charge < -0.3 is 14.4 Å². The molecule has 1 rings (SSSR count). The number of amides is 1. The minimum Gasteiger partial charge on any atom is -0.448 e. The van der Waals surface area contributed by atoms with Crippen LogP contribution in [0.1, 0.15) is 11.5 Å². The molecule has 0 saturated carbocycles. The largest absolute Gasteiger partial charge is 0.448 e. The first kappa shape index (κ1) is 12.2. The Bertz CT molecular complexity index is 349. The molecule has 1 unspecified atom stereocenters. The Morgan fingerprint density at radius 1 is 1.38 bits per heavy atom. The number of hydrogen-bond acceptors (Lipinski definition) is 3. The van der Waals surface area contributed by atoms with E-state index >= 15 is 0 Å². The monoisotopic (exact) mass is 221 g/mol. The molecule has 0 aliphatic rings. The van der Waals surface area contributed by atoms with Gasteiger partial charge in [0.25, 0.3) is 0 Å². The predicted molar refractivity (Wildman–Crippen MR) is 60.3 cm³/mol. The summed E-state index contributed by atoms with van der Waals surface area (Å²) < 4.78 is 4.97. The first-order valence-corrected chi connectivity index (χ1v) is 4.99. The number of carbonyl (C=O) groups is 2. The fourth-order valence-electron chi connectivity index (χ4n) is 1.20. The summed E-state index contributed by atoms with van der Waals surface area (Å²) in [5.41, 5.74) is 0.851. The van der Waals surface area contributed by atoms with E-state index in [0.29, 0.717) is 0 Å². The number of nitrogens with zero attached hydrogens (tertiary/aromatic N) is 1. The second-order valence-electron chi connectivity index (χ2n) is 3.62. The fraction of sp³-hybridized carbons (Fsp3) is 0.333. The molecule has 0 aliphatic carbocycles. The lowest BCUT2D eigenvalue weighted by Crippen LogP contribution is -2.25. The van der Waals surface area contributed by atoms with E-state index in [0.717, 1.165) is 11.8 Å². The zero-order chi connectivity index (χ0) is 12.0. The van der Waals surface area contributed by atoms with Crippen LogP contribution in [0.2, 0.25) is 0 Å². The second kappa shape index (κ2) is 5.90. The van der Waals surface area contributed by atoms with Gasteiger partial charge in [0.2, 0.25) is 0 Å². The van der Waals surface area contributed by atoms with Gasteiger partial charge in [0.15, 0.2) is 0 Å². The topological polar surface area (TPSA) is 46.6 Å². The van der Waals surface area contributed by atoms with Crippen LogP contribution in [0.25, 0.3) is 0 Å². The van der Waals surface area contributed by atoms with Gasteiger partial charge in [-0.15, -0.1) is 0 Å². The zero-order valence-corrected chi connectivity index (χ0v) is 9.42. The van der Waals surface area contributed by atoms with Crippen LogP contribution < -0.4 is 0 Å². The van der Waals surface area contributed by atoms with E-state index < -0.39 is 12.0 Å². The van der Waals surface area contributed by atoms with Crippen molar-refractivity contribution in [2.45, 2.75) is 5.92 Å². The Kier molecular flexibility index (Phi) is 4.51. The molecule has 0 fully saturated rings. The summed E-state index contributed by atoms with van der Waals surface area (Å²) in [5.74, 6) is -0.398. The van der Waals surface area contributed by atoms with E-state index in [1.165, 1.54) is 4.90 Å². The van der Waals surface area contributed by atoms with E-state index in [4.69, 9.17) is 4.74 Å². The Morgan fingerprint density at radius 3 is 2.50 bits per heavy atom. The second-order valence-corrected chi connectivity index (χ2v) is 3.62. The standard InChI is InChI=1S/C12H15NO3/c1-13(2)12(15)16-9-11(8-14)10-6-4-3-5-7-10/h3-8,11H,9H2,1-2H3. The van der Waals surface area contributed by atoms with Crippen molar-refractivity contribution in [1.29, 1.82) is 0 Å². The average molecular weight is 221 g/mol. The molecule has 1 aromatic rings. The number of carbonyl (C=O) groups excluding carboxylic acids is 2. The molecule has 1 atom stereocenters. The molecule has 0 aliphatic heterocycles. The molecule has 86 valence electrons. The van der Waals surface area contributed by atoms with Crippen molar-refractivity contribution >= 4 is 12.4 Å². The van der Waals surface area contributed by atoms with Gasteiger partial charge in [-0.2, -0.15) is 0 Å². The third-order valence-corrected chi connectivity index (χ3v) is 2.14. The van der Waals surface area contributed by atoms with E-state index in [-0.39, 0.29) is 6.61 Å². The summed E-state index contributed by atoms with van der Waals surface area (Å²) in [7, 11) is 3.20. The van der Waals surface area contributed by atoms with E-state index in [1.54, 1.807) is 14.1 Å². The third kappa shape index (κ3) is 3.38. The predicted octanol–water partition coefficient (Wildman–Crippen LogP) is 1.67. The van der Waals surface area contributed by atoms with Gasteiger partial charge in [0.1, 0.15) is 12.9 Å². The lowest BCUT2D eigenvalue weighted by molar-refractivity contribution is -0.109. The molecule has 0 aromatic heterocycles. The van der Waals surface area contributed by atoms with Crippen LogP contribution >= 0.6 is 0 Å². The SMILES string of the molecule is CN(C)C(=O)OCC(C=O)c1ccccc1. The first-order chi connectivity index (χ1) is 7.65. The van der Waals surface area contributed by atoms with Crippen LogP contribution in [0.4, 0.5) is 4.79 Å². The van der Waals surface area contributed by atoms with Crippen molar-refractivity contribution in [3.05, 3.63) is 35.9 Å². The number of aldehydes is 1. The van der Waals surface area contributed by atoms with Gasteiger partial charge in [0.05, 0.1) is 5.92 Å². The molecule has 4 heteroatoms. The highest BCUT2D eigenvalue weighted by Crippen LogP contribution is 2.13. The molecule has 16 heavy (non-hydrogen) atoms. The summed E-state index contributed by atoms with van der Waals surface area (Å²) in [5, 5.41) is 0. The number of ether oxygens (including phenoxy) is 1. The molecule has 0 heterocycles. The molecular formula is C12H15NO3. The van der Waals surface area contributed by atoms with Gasteiger partial charge >= 0.3 is 6.09 Å². The molecule has 4 nitrogen and oxygen atoms in total. The minimum atomic E-state index is -0.442. The van der Waals surface area contributed by atoms with Crippen molar-refractivity contribution in [1.82, 2.24) is 4.90 Å².